The predicted molar refractivity (Wildman–Crippen MR) is 43.0 cm³/mol. The molecule has 10 heavy (non-hydrogen) atoms. The van der Waals surface area contributed by atoms with E-state index in [1.165, 1.54) is 19.3 Å². The summed E-state index contributed by atoms with van der Waals surface area (Å²) >= 11 is 0. The summed E-state index contributed by atoms with van der Waals surface area (Å²) in [5.74, 6) is 0.767. The molecule has 1 aliphatic rings. The second-order valence-corrected chi connectivity index (χ2v) is 4.00. The van der Waals surface area contributed by atoms with E-state index in [-0.39, 0.29) is 5.60 Å². The van der Waals surface area contributed by atoms with Crippen LogP contribution in [0.15, 0.2) is 0 Å². The zero-order valence-corrected chi connectivity index (χ0v) is 7.31. The maximum atomic E-state index is 5.65. The van der Waals surface area contributed by atoms with Crippen LogP contribution < -0.4 is 0 Å². The van der Waals surface area contributed by atoms with Gasteiger partial charge in [0, 0.05) is 6.61 Å². The number of ether oxygens (including phenoxy) is 1. The van der Waals surface area contributed by atoms with Gasteiger partial charge in [0.25, 0.3) is 0 Å². The molecule has 0 aromatic heterocycles. The fraction of sp³-hybridized carbons (Fsp3) is 1.00. The third-order valence-electron chi connectivity index (χ3n) is 2.14. The second kappa shape index (κ2) is 2.91. The summed E-state index contributed by atoms with van der Waals surface area (Å²) in [5, 5.41) is 0. The van der Waals surface area contributed by atoms with Gasteiger partial charge in [-0.2, -0.15) is 0 Å². The van der Waals surface area contributed by atoms with Crippen molar-refractivity contribution in [1.29, 1.82) is 0 Å². The summed E-state index contributed by atoms with van der Waals surface area (Å²) in [6, 6.07) is 0. The van der Waals surface area contributed by atoms with Gasteiger partial charge in [0.15, 0.2) is 0 Å². The minimum absolute atomic E-state index is 0.216. The van der Waals surface area contributed by atoms with Gasteiger partial charge >= 0.3 is 0 Å². The van der Waals surface area contributed by atoms with Crippen LogP contribution >= 0.6 is 0 Å². The molecule has 0 spiro atoms. The molecule has 0 amide bonds. The molecular formula is C9H18O. The third-order valence-corrected chi connectivity index (χ3v) is 2.14. The van der Waals surface area contributed by atoms with Crippen LogP contribution in [0, 0.1) is 5.92 Å². The number of rotatable bonds is 2. The average Bonchev–Trinajstić information content (AvgIpc) is 2.12. The predicted octanol–water partition coefficient (Wildman–Crippen LogP) is 2.60. The third kappa shape index (κ3) is 1.98. The molecule has 1 fully saturated rings. The first-order valence-corrected chi connectivity index (χ1v) is 4.26. The molecular weight excluding hydrogens is 124 g/mol. The summed E-state index contributed by atoms with van der Waals surface area (Å²) in [6.07, 6.45) is 3.72. The Kier molecular flexibility index (Phi) is 2.35. The van der Waals surface area contributed by atoms with Gasteiger partial charge in [-0.1, -0.05) is 13.8 Å². The van der Waals surface area contributed by atoms with Crippen molar-refractivity contribution in [2.75, 3.05) is 6.61 Å². The van der Waals surface area contributed by atoms with E-state index in [4.69, 9.17) is 4.74 Å². The van der Waals surface area contributed by atoms with E-state index in [0.717, 1.165) is 12.5 Å². The summed E-state index contributed by atoms with van der Waals surface area (Å²) in [5.41, 5.74) is 0.216. The lowest BCUT2D eigenvalue weighted by Gasteiger charge is -2.24. The molecule has 1 rings (SSSR count). The van der Waals surface area contributed by atoms with Crippen molar-refractivity contribution in [2.24, 2.45) is 5.92 Å². The Morgan fingerprint density at radius 1 is 1.50 bits per heavy atom. The van der Waals surface area contributed by atoms with E-state index in [2.05, 4.69) is 20.8 Å². The molecule has 1 heterocycles. The lowest BCUT2D eigenvalue weighted by Crippen LogP contribution is -2.24. The molecule has 0 radical (unpaired) electrons. The molecule has 1 saturated heterocycles. The molecule has 0 aliphatic carbocycles. The van der Waals surface area contributed by atoms with Crippen LogP contribution in [0.25, 0.3) is 0 Å². The van der Waals surface area contributed by atoms with Crippen LogP contribution in [-0.4, -0.2) is 12.2 Å². The molecule has 0 N–H and O–H groups in total. The fourth-order valence-electron chi connectivity index (χ4n) is 1.86. The van der Waals surface area contributed by atoms with Crippen molar-refractivity contribution in [2.45, 2.75) is 45.6 Å². The van der Waals surface area contributed by atoms with E-state index < -0.39 is 0 Å². The SMILES string of the molecule is CC(C)C[C@@]1(C)CCCO1. The van der Waals surface area contributed by atoms with Crippen LogP contribution in [0.4, 0.5) is 0 Å². The topological polar surface area (TPSA) is 9.23 Å². The largest absolute Gasteiger partial charge is 0.375 e. The van der Waals surface area contributed by atoms with Crippen LogP contribution in [0.1, 0.15) is 40.0 Å². The number of hydrogen-bond donors (Lipinski definition) is 0. The van der Waals surface area contributed by atoms with Gasteiger partial charge in [0.2, 0.25) is 0 Å². The molecule has 0 aromatic carbocycles. The molecule has 0 aromatic rings. The Balaban J connectivity index is 2.36. The maximum Gasteiger partial charge on any atom is 0.0657 e. The first-order valence-electron chi connectivity index (χ1n) is 4.26. The smallest absolute Gasteiger partial charge is 0.0657 e. The van der Waals surface area contributed by atoms with Crippen LogP contribution in [0.2, 0.25) is 0 Å². The first kappa shape index (κ1) is 8.06. The Morgan fingerprint density at radius 3 is 2.60 bits per heavy atom. The monoisotopic (exact) mass is 142 g/mol. The summed E-state index contributed by atoms with van der Waals surface area (Å²) in [7, 11) is 0. The van der Waals surface area contributed by atoms with Gasteiger partial charge in [0.1, 0.15) is 0 Å². The molecule has 1 atom stereocenters. The van der Waals surface area contributed by atoms with Gasteiger partial charge in [-0.25, -0.2) is 0 Å². The van der Waals surface area contributed by atoms with Crippen molar-refractivity contribution in [1.82, 2.24) is 0 Å². The van der Waals surface area contributed by atoms with Crippen LogP contribution in [0.3, 0.4) is 0 Å². The van der Waals surface area contributed by atoms with Gasteiger partial charge in [-0.05, 0) is 32.1 Å². The lowest BCUT2D eigenvalue weighted by atomic mass is 9.92. The van der Waals surface area contributed by atoms with E-state index in [1.807, 2.05) is 0 Å². The lowest BCUT2D eigenvalue weighted by molar-refractivity contribution is 0.00386. The van der Waals surface area contributed by atoms with Gasteiger partial charge in [-0.15, -0.1) is 0 Å². The zero-order chi connectivity index (χ0) is 7.61. The van der Waals surface area contributed by atoms with Gasteiger partial charge < -0.3 is 4.74 Å². The van der Waals surface area contributed by atoms with Crippen molar-refractivity contribution in [3.8, 4) is 0 Å². The Morgan fingerprint density at radius 2 is 2.20 bits per heavy atom. The Bertz CT molecular complexity index is 101. The van der Waals surface area contributed by atoms with Crippen molar-refractivity contribution in [3.05, 3.63) is 0 Å². The average molecular weight is 142 g/mol. The Labute approximate surface area is 63.8 Å². The van der Waals surface area contributed by atoms with Crippen LogP contribution in [-0.2, 0) is 4.74 Å². The minimum atomic E-state index is 0.216. The highest BCUT2D eigenvalue weighted by atomic mass is 16.5. The quantitative estimate of drug-likeness (QED) is 0.576. The van der Waals surface area contributed by atoms with Crippen molar-refractivity contribution in [3.63, 3.8) is 0 Å². The summed E-state index contributed by atoms with van der Waals surface area (Å²) in [6.45, 7) is 7.73. The minimum Gasteiger partial charge on any atom is -0.375 e. The highest BCUT2D eigenvalue weighted by Gasteiger charge is 2.29. The summed E-state index contributed by atoms with van der Waals surface area (Å²) in [4.78, 5) is 0. The van der Waals surface area contributed by atoms with E-state index in [0.29, 0.717) is 0 Å². The summed E-state index contributed by atoms with van der Waals surface area (Å²) < 4.78 is 5.65. The van der Waals surface area contributed by atoms with E-state index in [9.17, 15) is 0 Å². The van der Waals surface area contributed by atoms with Crippen LogP contribution in [0.5, 0.6) is 0 Å². The molecule has 60 valence electrons. The molecule has 1 nitrogen and oxygen atoms in total. The van der Waals surface area contributed by atoms with Crippen molar-refractivity contribution < 1.29 is 4.74 Å². The molecule has 0 saturated carbocycles. The van der Waals surface area contributed by atoms with Gasteiger partial charge in [-0.3, -0.25) is 0 Å². The highest BCUT2D eigenvalue weighted by Crippen LogP contribution is 2.30. The standard InChI is InChI=1S/C9H18O/c1-8(2)7-9(3)5-4-6-10-9/h8H,4-7H2,1-3H3/t9-/m1/s1. The normalized spacial score (nSPS) is 33.6. The van der Waals surface area contributed by atoms with E-state index >= 15 is 0 Å². The Hall–Kier alpha value is -0.0400. The first-order chi connectivity index (χ1) is 4.62. The van der Waals surface area contributed by atoms with Crippen molar-refractivity contribution >= 4 is 0 Å². The number of hydrogen-bond acceptors (Lipinski definition) is 1. The second-order valence-electron chi connectivity index (χ2n) is 4.00. The van der Waals surface area contributed by atoms with E-state index in [1.54, 1.807) is 0 Å². The van der Waals surface area contributed by atoms with Gasteiger partial charge in [0.05, 0.1) is 5.60 Å². The fourth-order valence-corrected chi connectivity index (χ4v) is 1.86. The molecule has 1 heteroatoms. The molecule has 1 aliphatic heterocycles. The maximum absolute atomic E-state index is 5.65. The molecule has 0 bridgehead atoms. The highest BCUT2D eigenvalue weighted by molar-refractivity contribution is 4.80. The molecule has 0 unspecified atom stereocenters. The zero-order valence-electron chi connectivity index (χ0n) is 7.31.